The summed E-state index contributed by atoms with van der Waals surface area (Å²) in [5.74, 6) is -1.59. The summed E-state index contributed by atoms with van der Waals surface area (Å²) in [4.78, 5) is 18.7. The zero-order chi connectivity index (χ0) is 6.57. The van der Waals surface area contributed by atoms with Gasteiger partial charge in [0.25, 0.3) is 6.16 Å². The Morgan fingerprint density at radius 1 is 1.30 bits per heavy atom. The molecular weight excluding hydrogens is 194 g/mol. The van der Waals surface area contributed by atoms with Crippen LogP contribution in [0.25, 0.3) is 0 Å². The Morgan fingerprint density at radius 3 is 1.80 bits per heavy atom. The summed E-state index contributed by atoms with van der Waals surface area (Å²) >= 11 is 0. The van der Waals surface area contributed by atoms with Gasteiger partial charge in [-0.1, -0.05) is 0 Å². The van der Waals surface area contributed by atoms with Gasteiger partial charge < -0.3 is 24.5 Å². The van der Waals surface area contributed by atoms with Crippen molar-refractivity contribution in [3.63, 3.8) is 0 Å². The predicted octanol–water partition coefficient (Wildman–Crippen LogP) is -3.39. The van der Waals surface area contributed by atoms with Crippen molar-refractivity contribution in [1.82, 2.24) is 6.15 Å². The average Bonchev–Trinajstić information content (AvgIpc) is 1.61. The molecule has 0 aliphatic carbocycles. The topological polar surface area (TPSA) is 120 Å². The quantitative estimate of drug-likeness (QED) is 0.336. The van der Waals surface area contributed by atoms with E-state index in [4.69, 9.17) is 0 Å². The second-order valence-electron chi connectivity index (χ2n) is 0.911. The Kier molecular flexibility index (Phi) is 13.2. The maximum Gasteiger partial charge on any atom is 2.00 e. The van der Waals surface area contributed by atoms with Crippen LogP contribution < -0.4 is 16.4 Å². The Morgan fingerprint density at radius 2 is 1.70 bits per heavy atom. The van der Waals surface area contributed by atoms with Gasteiger partial charge in [-0.15, -0.1) is 0 Å². The molecule has 0 fully saturated rings. The van der Waals surface area contributed by atoms with Crippen LogP contribution in [0.15, 0.2) is 0 Å². The molecule has 0 amide bonds. The van der Waals surface area contributed by atoms with Crippen LogP contribution in [-0.2, 0) is 26.6 Å². The summed E-state index contributed by atoms with van der Waals surface area (Å²) in [5.41, 5.74) is 0. The van der Waals surface area contributed by atoms with Gasteiger partial charge in [-0.2, -0.15) is 0 Å². The first kappa shape index (κ1) is 16.1. The fourth-order valence-corrected chi connectivity index (χ4v) is 0.118. The SMILES string of the molecule is O=C([O-])COC(=O)[O-].[Cu+2].[N]. The molecule has 0 aromatic heterocycles. The number of carbonyl (C=O) groups excluding carboxylic acids is 2. The number of nitrogens with zero attached hydrogens (tertiary/aromatic N) is 1. The van der Waals surface area contributed by atoms with E-state index in [2.05, 4.69) is 4.74 Å². The van der Waals surface area contributed by atoms with Crippen LogP contribution >= 0.6 is 0 Å². The minimum Gasteiger partial charge on any atom is -0.548 e. The molecule has 0 N–H and O–H groups in total. The van der Waals surface area contributed by atoms with E-state index in [9.17, 15) is 19.8 Å². The number of aliphatic carboxylic acids is 1. The first-order valence-electron chi connectivity index (χ1n) is 1.66. The molecule has 0 bridgehead atoms. The summed E-state index contributed by atoms with van der Waals surface area (Å²) in [7, 11) is 0. The van der Waals surface area contributed by atoms with E-state index in [0.29, 0.717) is 0 Å². The summed E-state index contributed by atoms with van der Waals surface area (Å²) in [6.45, 7) is -0.970. The number of carbonyl (C=O) groups is 2. The van der Waals surface area contributed by atoms with Gasteiger partial charge in [0.05, 0.1) is 12.6 Å². The Hall–Kier alpha value is -0.781. The molecule has 0 heterocycles. The van der Waals surface area contributed by atoms with Crippen molar-refractivity contribution in [3.05, 3.63) is 0 Å². The van der Waals surface area contributed by atoms with Gasteiger partial charge >= 0.3 is 17.1 Å². The normalized spacial score (nSPS) is 6.40. The van der Waals surface area contributed by atoms with Crippen molar-refractivity contribution in [2.24, 2.45) is 0 Å². The molecule has 0 aromatic carbocycles. The van der Waals surface area contributed by atoms with Crippen molar-refractivity contribution in [2.75, 3.05) is 6.61 Å². The number of carboxylic acids is 1. The maximum atomic E-state index is 9.38. The fraction of sp³-hybridized carbons (Fsp3) is 0.333. The third-order valence-electron chi connectivity index (χ3n) is 0.308. The van der Waals surface area contributed by atoms with Crippen LogP contribution in [0, 0.1) is 0 Å². The molecule has 0 spiro atoms. The van der Waals surface area contributed by atoms with E-state index in [0.717, 1.165) is 0 Å². The van der Waals surface area contributed by atoms with E-state index in [1.165, 1.54) is 0 Å². The second-order valence-corrected chi connectivity index (χ2v) is 0.911. The average molecular weight is 196 g/mol. The Balaban J connectivity index is -0.000000245. The van der Waals surface area contributed by atoms with E-state index in [-0.39, 0.29) is 23.2 Å². The standard InChI is InChI=1S/C3H4O5.Cu.N/c4-2(5)1-8-3(6)7;;/h1H2,(H,4,5)(H,6,7);;/q;+2;/p-2. The summed E-state index contributed by atoms with van der Waals surface area (Å²) in [6, 6.07) is 0. The first-order chi connectivity index (χ1) is 3.63. The number of rotatable bonds is 2. The summed E-state index contributed by atoms with van der Waals surface area (Å²) < 4.78 is 3.45. The molecule has 7 heteroatoms. The van der Waals surface area contributed by atoms with Crippen molar-refractivity contribution in [1.29, 1.82) is 0 Å². The van der Waals surface area contributed by atoms with Gasteiger partial charge in [-0.25, -0.2) is 0 Å². The molecule has 4 radical (unpaired) electrons. The smallest absolute Gasteiger partial charge is 0.548 e. The molecule has 0 rings (SSSR count). The van der Waals surface area contributed by atoms with Crippen molar-refractivity contribution in [3.8, 4) is 0 Å². The molecule has 0 aliphatic rings. The minimum absolute atomic E-state index is 0. The molecule has 6 nitrogen and oxygen atoms in total. The van der Waals surface area contributed by atoms with E-state index >= 15 is 0 Å². The summed E-state index contributed by atoms with van der Waals surface area (Å²) in [5, 5.41) is 18.7. The Labute approximate surface area is 67.2 Å². The molecule has 0 unspecified atom stereocenters. The van der Waals surface area contributed by atoms with Gasteiger partial charge in [0.1, 0.15) is 0 Å². The van der Waals surface area contributed by atoms with Crippen molar-refractivity contribution >= 4 is 12.1 Å². The predicted molar refractivity (Wildman–Crippen MR) is 18.5 cm³/mol. The largest absolute Gasteiger partial charge is 2.00 e. The molecule has 60 valence electrons. The molecule has 0 saturated carbocycles. The van der Waals surface area contributed by atoms with Gasteiger partial charge in [0, 0.05) is 6.15 Å². The fourth-order valence-electron chi connectivity index (χ4n) is 0.118. The van der Waals surface area contributed by atoms with Crippen LogP contribution in [-0.4, -0.2) is 18.7 Å². The van der Waals surface area contributed by atoms with Crippen LogP contribution in [0.4, 0.5) is 4.79 Å². The maximum absolute atomic E-state index is 9.38. The van der Waals surface area contributed by atoms with Crippen LogP contribution in [0.5, 0.6) is 0 Å². The molecule has 0 aliphatic heterocycles. The zero-order valence-electron chi connectivity index (χ0n) is 4.50. The van der Waals surface area contributed by atoms with E-state index in [1.807, 2.05) is 0 Å². The van der Waals surface area contributed by atoms with Gasteiger partial charge in [0.2, 0.25) is 0 Å². The molecule has 0 aromatic rings. The summed E-state index contributed by atoms with van der Waals surface area (Å²) in [6.07, 6.45) is -1.87. The number of hydrogen-bond acceptors (Lipinski definition) is 5. The van der Waals surface area contributed by atoms with Crippen LogP contribution in [0.1, 0.15) is 0 Å². The second kappa shape index (κ2) is 8.22. The Bertz CT molecular complexity index is 101. The molecule has 0 atom stereocenters. The number of hydrogen-bond donors (Lipinski definition) is 0. The zero-order valence-corrected chi connectivity index (χ0v) is 5.44. The van der Waals surface area contributed by atoms with Gasteiger partial charge in [-0.05, 0) is 0 Å². The van der Waals surface area contributed by atoms with E-state index in [1.54, 1.807) is 0 Å². The van der Waals surface area contributed by atoms with Gasteiger partial charge in [0.15, 0.2) is 0 Å². The third-order valence-corrected chi connectivity index (χ3v) is 0.308. The van der Waals surface area contributed by atoms with Gasteiger partial charge in [-0.3, -0.25) is 0 Å². The monoisotopic (exact) mass is 195 g/mol. The first-order valence-corrected chi connectivity index (χ1v) is 1.66. The van der Waals surface area contributed by atoms with Crippen molar-refractivity contribution in [2.45, 2.75) is 0 Å². The minimum atomic E-state index is -1.87. The van der Waals surface area contributed by atoms with Crippen LogP contribution in [0.3, 0.4) is 0 Å². The number of carboxylic acid groups (broad SMARTS) is 2. The third kappa shape index (κ3) is 15.7. The molecule has 10 heavy (non-hydrogen) atoms. The van der Waals surface area contributed by atoms with E-state index < -0.39 is 18.7 Å². The molecular formula is C3H2CuNO5. The van der Waals surface area contributed by atoms with Crippen molar-refractivity contribution < 1.29 is 41.6 Å². The number of ether oxygens (including phenoxy) is 1. The molecule has 0 saturated heterocycles. The van der Waals surface area contributed by atoms with Crippen LogP contribution in [0.2, 0.25) is 0 Å².